The minimum atomic E-state index is -3.92. The highest BCUT2D eigenvalue weighted by Crippen LogP contribution is 2.20. The number of hydrogen-bond acceptors (Lipinski definition) is 7. The van der Waals surface area contributed by atoms with Gasteiger partial charge in [-0.1, -0.05) is 45.5 Å². The molecule has 0 aliphatic heterocycles. The van der Waals surface area contributed by atoms with E-state index >= 15 is 0 Å². The average molecular weight is 463 g/mol. The Balaban J connectivity index is 3.26. The molecule has 0 bridgehead atoms. The fourth-order valence-corrected chi connectivity index (χ4v) is 4.13. The van der Waals surface area contributed by atoms with E-state index in [2.05, 4.69) is 33.9 Å². The van der Waals surface area contributed by atoms with Gasteiger partial charge in [0.15, 0.2) is 5.37 Å². The lowest BCUT2D eigenvalue weighted by molar-refractivity contribution is -0.144. The van der Waals surface area contributed by atoms with Gasteiger partial charge in [-0.15, -0.1) is 5.92 Å². The normalized spacial score (nSPS) is 12.9. The van der Waals surface area contributed by atoms with Crippen molar-refractivity contribution >= 4 is 15.8 Å². The fourth-order valence-electron chi connectivity index (χ4n) is 2.78. The lowest BCUT2D eigenvalue weighted by Crippen LogP contribution is -2.49. The summed E-state index contributed by atoms with van der Waals surface area (Å²) in [5.74, 6) is 11.1. The number of nitrogens with one attached hydrogen (secondary N) is 1. The number of carbonyl (C=O) groups is 1. The summed E-state index contributed by atoms with van der Waals surface area (Å²) in [6.07, 6.45) is 0. The van der Waals surface area contributed by atoms with Gasteiger partial charge in [-0.3, -0.25) is 15.0 Å². The summed E-state index contributed by atoms with van der Waals surface area (Å²) in [7, 11) is -2.64. The van der Waals surface area contributed by atoms with Crippen molar-refractivity contribution in [2.24, 2.45) is 5.92 Å². The number of sulfone groups is 1. The topological polar surface area (TPSA) is 84.9 Å². The highest BCUT2D eigenvalue weighted by Gasteiger charge is 2.33. The molecule has 2 unspecified atom stereocenters. The summed E-state index contributed by atoms with van der Waals surface area (Å²) < 4.78 is 37.1. The van der Waals surface area contributed by atoms with Gasteiger partial charge in [0, 0.05) is 0 Å². The summed E-state index contributed by atoms with van der Waals surface area (Å²) in [5.41, 5.74) is 0. The van der Waals surface area contributed by atoms with Crippen LogP contribution in [0.15, 0.2) is 29.2 Å². The van der Waals surface area contributed by atoms with E-state index in [1.165, 1.54) is 19.2 Å². The molecular weight excluding hydrogens is 428 g/mol. The smallest absolute Gasteiger partial charge is 0.323 e. The quantitative estimate of drug-likeness (QED) is 0.399. The highest BCUT2D eigenvalue weighted by atomic mass is 32.2. The van der Waals surface area contributed by atoms with E-state index in [1.807, 2.05) is 27.7 Å². The zero-order chi connectivity index (χ0) is 24.1. The van der Waals surface area contributed by atoms with Crippen molar-refractivity contribution < 1.29 is 22.7 Å². The molecule has 176 valence electrons. The van der Waals surface area contributed by atoms with Crippen molar-refractivity contribution in [2.75, 3.05) is 33.4 Å². The predicted octanol–water partition coefficient (Wildman–Crippen LogP) is 2.32. The molecular formula is C24H34N2O5S. The van der Waals surface area contributed by atoms with Crippen molar-refractivity contribution in [2.45, 2.75) is 50.9 Å². The van der Waals surface area contributed by atoms with Gasteiger partial charge in [0.25, 0.3) is 0 Å². The van der Waals surface area contributed by atoms with Crippen LogP contribution >= 0.6 is 0 Å². The monoisotopic (exact) mass is 462 g/mol. The number of rotatable bonds is 11. The standard InChI is InChI=1S/C24H34N2O5S/c1-7-10-18-31-20-13-15-21(16-14-20)32(28,29)22(12-11-17-26(8-2)9-3)25-23(19(4)5)24(27)30-6/h13-16,19,22-23,25H,8-9,17-18H2,1-6H3. The lowest BCUT2D eigenvalue weighted by atomic mass is 10.0. The van der Waals surface area contributed by atoms with E-state index in [1.54, 1.807) is 19.1 Å². The van der Waals surface area contributed by atoms with Crippen molar-refractivity contribution in [1.29, 1.82) is 0 Å². The Kier molecular flexibility index (Phi) is 11.9. The van der Waals surface area contributed by atoms with Crippen LogP contribution in [0.25, 0.3) is 0 Å². The second-order valence-electron chi connectivity index (χ2n) is 7.31. The second kappa shape index (κ2) is 13.8. The van der Waals surface area contributed by atoms with Gasteiger partial charge in [0.1, 0.15) is 18.4 Å². The molecule has 0 aliphatic carbocycles. The van der Waals surface area contributed by atoms with Crippen molar-refractivity contribution in [1.82, 2.24) is 10.2 Å². The molecule has 0 saturated heterocycles. The Morgan fingerprint density at radius 2 is 1.75 bits per heavy atom. The molecule has 0 heterocycles. The molecule has 0 spiro atoms. The first-order valence-corrected chi connectivity index (χ1v) is 12.2. The Morgan fingerprint density at radius 1 is 1.12 bits per heavy atom. The first-order chi connectivity index (χ1) is 15.2. The summed E-state index contributed by atoms with van der Waals surface area (Å²) >= 11 is 0. The first-order valence-electron chi connectivity index (χ1n) is 10.6. The Hall–Kier alpha value is -2.52. The summed E-state index contributed by atoms with van der Waals surface area (Å²) in [6.45, 7) is 11.6. The molecule has 1 rings (SSSR count). The zero-order valence-electron chi connectivity index (χ0n) is 19.8. The molecule has 0 fully saturated rings. The number of esters is 1. The van der Waals surface area contributed by atoms with Crippen LogP contribution in [0.3, 0.4) is 0 Å². The number of benzene rings is 1. The maximum absolute atomic E-state index is 13.4. The summed E-state index contributed by atoms with van der Waals surface area (Å²) in [4.78, 5) is 14.4. The Bertz CT molecular complexity index is 946. The largest absolute Gasteiger partial charge is 0.481 e. The van der Waals surface area contributed by atoms with E-state index < -0.39 is 27.2 Å². The van der Waals surface area contributed by atoms with Crippen LogP contribution < -0.4 is 10.1 Å². The predicted molar refractivity (Wildman–Crippen MR) is 126 cm³/mol. The summed E-state index contributed by atoms with van der Waals surface area (Å²) in [5, 5.41) is 1.63. The maximum Gasteiger partial charge on any atom is 0.323 e. The van der Waals surface area contributed by atoms with Gasteiger partial charge >= 0.3 is 5.97 Å². The number of hydrogen-bond donors (Lipinski definition) is 1. The van der Waals surface area contributed by atoms with Gasteiger partial charge in [-0.2, -0.15) is 0 Å². The number of ether oxygens (including phenoxy) is 2. The third-order valence-electron chi connectivity index (χ3n) is 4.83. The highest BCUT2D eigenvalue weighted by molar-refractivity contribution is 7.92. The molecule has 32 heavy (non-hydrogen) atoms. The number of methoxy groups -OCH3 is 1. The number of carbonyl (C=O) groups excluding carboxylic acids is 1. The van der Waals surface area contributed by atoms with Crippen molar-refractivity contribution in [3.05, 3.63) is 24.3 Å². The molecule has 1 aromatic rings. The van der Waals surface area contributed by atoms with Crippen molar-refractivity contribution in [3.63, 3.8) is 0 Å². The molecule has 1 N–H and O–H groups in total. The zero-order valence-corrected chi connectivity index (χ0v) is 20.6. The molecule has 0 aliphatic rings. The van der Waals surface area contributed by atoms with Crippen LogP contribution in [0.2, 0.25) is 0 Å². The second-order valence-corrected chi connectivity index (χ2v) is 9.34. The Labute approximate surface area is 192 Å². The molecule has 1 aromatic carbocycles. The van der Waals surface area contributed by atoms with E-state index in [-0.39, 0.29) is 17.4 Å². The maximum atomic E-state index is 13.4. The van der Waals surface area contributed by atoms with Crippen molar-refractivity contribution in [3.8, 4) is 29.4 Å². The third-order valence-corrected chi connectivity index (χ3v) is 6.64. The molecule has 2 atom stereocenters. The minimum Gasteiger partial charge on any atom is -0.481 e. The van der Waals surface area contributed by atoms with Crippen LogP contribution in [-0.2, 0) is 19.4 Å². The van der Waals surface area contributed by atoms with Crippen LogP contribution in [0.5, 0.6) is 5.75 Å². The fraction of sp³-hybridized carbons (Fsp3) is 0.542. The van der Waals surface area contributed by atoms with E-state index in [0.717, 1.165) is 13.1 Å². The molecule has 0 amide bonds. The SMILES string of the molecule is CC#CCOc1ccc(S(=O)(=O)C(C#CCN(CC)CC)NC(C(=O)OC)C(C)C)cc1. The van der Waals surface area contributed by atoms with Gasteiger partial charge in [-0.25, -0.2) is 8.42 Å². The average Bonchev–Trinajstić information content (AvgIpc) is 2.78. The molecule has 0 radical (unpaired) electrons. The Morgan fingerprint density at radius 3 is 2.25 bits per heavy atom. The van der Waals surface area contributed by atoms with Gasteiger partial charge < -0.3 is 9.47 Å². The molecule has 7 nitrogen and oxygen atoms in total. The molecule has 0 aromatic heterocycles. The van der Waals surface area contributed by atoms with Crippen LogP contribution in [0, 0.1) is 29.6 Å². The molecule has 0 saturated carbocycles. The van der Waals surface area contributed by atoms with Crippen LogP contribution in [0.1, 0.15) is 34.6 Å². The van der Waals surface area contributed by atoms with Gasteiger partial charge in [0.05, 0.1) is 18.6 Å². The van der Waals surface area contributed by atoms with E-state index in [9.17, 15) is 13.2 Å². The van der Waals surface area contributed by atoms with Crippen LogP contribution in [-0.4, -0.2) is 64.1 Å². The van der Waals surface area contributed by atoms with Crippen LogP contribution in [0.4, 0.5) is 0 Å². The minimum absolute atomic E-state index is 0.0773. The van der Waals surface area contributed by atoms with Gasteiger partial charge in [0.2, 0.25) is 9.84 Å². The third kappa shape index (κ3) is 8.20. The van der Waals surface area contributed by atoms with E-state index in [0.29, 0.717) is 12.3 Å². The molecule has 8 heteroatoms. The summed E-state index contributed by atoms with van der Waals surface area (Å²) in [6, 6.07) is 5.26. The van der Waals surface area contributed by atoms with E-state index in [4.69, 9.17) is 9.47 Å². The first kappa shape index (κ1) is 27.5. The lowest BCUT2D eigenvalue weighted by Gasteiger charge is -2.24. The number of nitrogens with zero attached hydrogens (tertiary/aromatic N) is 1. The van der Waals surface area contributed by atoms with Gasteiger partial charge in [-0.05, 0) is 50.2 Å².